The number of nitrogens with zero attached hydrogens (tertiary/aromatic N) is 1. The van der Waals surface area contributed by atoms with Gasteiger partial charge in [0.15, 0.2) is 17.5 Å². The SMILES string of the molecule is CN=C(NCc1ccc(C)c(F)c1)NCc1ccc(OC)c(OC(F)F)c1. The van der Waals surface area contributed by atoms with E-state index in [-0.39, 0.29) is 17.3 Å². The lowest BCUT2D eigenvalue weighted by atomic mass is 10.1. The number of hydrogen-bond acceptors (Lipinski definition) is 3. The van der Waals surface area contributed by atoms with Crippen molar-refractivity contribution in [3.63, 3.8) is 0 Å². The third-order valence-corrected chi connectivity index (χ3v) is 3.82. The topological polar surface area (TPSA) is 54.9 Å². The van der Waals surface area contributed by atoms with E-state index in [1.54, 1.807) is 32.2 Å². The van der Waals surface area contributed by atoms with Crippen LogP contribution in [0.1, 0.15) is 16.7 Å². The molecule has 0 amide bonds. The first-order valence-corrected chi connectivity index (χ1v) is 8.24. The van der Waals surface area contributed by atoms with Crippen LogP contribution in [-0.4, -0.2) is 26.7 Å². The number of hydrogen-bond donors (Lipinski definition) is 2. The van der Waals surface area contributed by atoms with Crippen LogP contribution in [0.4, 0.5) is 13.2 Å². The van der Waals surface area contributed by atoms with Crippen LogP contribution in [0.5, 0.6) is 11.5 Å². The van der Waals surface area contributed by atoms with Crippen molar-refractivity contribution in [2.24, 2.45) is 4.99 Å². The van der Waals surface area contributed by atoms with Gasteiger partial charge in [-0.2, -0.15) is 8.78 Å². The number of guanidine groups is 1. The number of alkyl halides is 2. The molecule has 8 heteroatoms. The Morgan fingerprint density at radius 1 is 1.04 bits per heavy atom. The zero-order chi connectivity index (χ0) is 19.8. The highest BCUT2D eigenvalue weighted by molar-refractivity contribution is 5.79. The van der Waals surface area contributed by atoms with Crippen molar-refractivity contribution in [1.29, 1.82) is 0 Å². The van der Waals surface area contributed by atoms with Crippen LogP contribution in [0.3, 0.4) is 0 Å². The Balaban J connectivity index is 1.96. The lowest BCUT2D eigenvalue weighted by Gasteiger charge is -2.14. The molecule has 0 aliphatic carbocycles. The minimum atomic E-state index is -2.94. The minimum Gasteiger partial charge on any atom is -0.493 e. The molecule has 0 bridgehead atoms. The molecule has 146 valence electrons. The van der Waals surface area contributed by atoms with Crippen LogP contribution in [0.25, 0.3) is 0 Å². The van der Waals surface area contributed by atoms with Gasteiger partial charge in [0.25, 0.3) is 0 Å². The summed E-state index contributed by atoms with van der Waals surface area (Å²) in [5.41, 5.74) is 2.07. The van der Waals surface area contributed by atoms with E-state index < -0.39 is 6.61 Å². The van der Waals surface area contributed by atoms with Crippen LogP contribution in [-0.2, 0) is 13.1 Å². The fraction of sp³-hybridized carbons (Fsp3) is 0.316. The van der Waals surface area contributed by atoms with E-state index in [4.69, 9.17) is 4.74 Å². The third-order valence-electron chi connectivity index (χ3n) is 3.82. The second-order valence-electron chi connectivity index (χ2n) is 5.73. The van der Waals surface area contributed by atoms with Crippen LogP contribution in [0.2, 0.25) is 0 Å². The summed E-state index contributed by atoms with van der Waals surface area (Å²) in [4.78, 5) is 4.09. The monoisotopic (exact) mass is 381 g/mol. The van der Waals surface area contributed by atoms with Crippen molar-refractivity contribution in [3.05, 3.63) is 58.9 Å². The molecule has 27 heavy (non-hydrogen) atoms. The van der Waals surface area contributed by atoms with Gasteiger partial charge in [-0.1, -0.05) is 18.2 Å². The molecule has 0 atom stereocenters. The molecule has 5 nitrogen and oxygen atoms in total. The van der Waals surface area contributed by atoms with Crippen LogP contribution in [0.15, 0.2) is 41.4 Å². The minimum absolute atomic E-state index is 0.0372. The van der Waals surface area contributed by atoms with Gasteiger partial charge in [0.2, 0.25) is 0 Å². The lowest BCUT2D eigenvalue weighted by molar-refractivity contribution is -0.0512. The highest BCUT2D eigenvalue weighted by Gasteiger charge is 2.11. The summed E-state index contributed by atoms with van der Waals surface area (Å²) < 4.78 is 48.1. The molecule has 2 aromatic carbocycles. The van der Waals surface area contributed by atoms with Gasteiger partial charge in [0, 0.05) is 20.1 Å². The number of benzene rings is 2. The number of nitrogens with one attached hydrogen (secondary N) is 2. The van der Waals surface area contributed by atoms with Gasteiger partial charge in [-0.05, 0) is 41.8 Å². The first-order chi connectivity index (χ1) is 12.9. The van der Waals surface area contributed by atoms with Gasteiger partial charge in [-0.3, -0.25) is 4.99 Å². The van der Waals surface area contributed by atoms with Crippen LogP contribution < -0.4 is 20.1 Å². The fourth-order valence-corrected chi connectivity index (χ4v) is 2.36. The lowest BCUT2D eigenvalue weighted by Crippen LogP contribution is -2.36. The summed E-state index contributed by atoms with van der Waals surface area (Å²) in [5.74, 6) is 0.415. The molecule has 2 aromatic rings. The maximum atomic E-state index is 13.6. The molecule has 0 radical (unpaired) electrons. The number of halogens is 3. The summed E-state index contributed by atoms with van der Waals surface area (Å²) in [6.45, 7) is -0.523. The summed E-state index contributed by atoms with van der Waals surface area (Å²) >= 11 is 0. The number of methoxy groups -OCH3 is 1. The van der Waals surface area contributed by atoms with Gasteiger partial charge in [0.05, 0.1) is 7.11 Å². The van der Waals surface area contributed by atoms with E-state index >= 15 is 0 Å². The van der Waals surface area contributed by atoms with Crippen LogP contribution in [0, 0.1) is 12.7 Å². The summed E-state index contributed by atoms with van der Waals surface area (Å²) in [7, 11) is 2.98. The van der Waals surface area contributed by atoms with E-state index in [1.165, 1.54) is 19.2 Å². The molecule has 0 saturated carbocycles. The molecular weight excluding hydrogens is 359 g/mol. The largest absolute Gasteiger partial charge is 0.493 e. The van der Waals surface area contributed by atoms with Crippen molar-refractivity contribution < 1.29 is 22.6 Å². The highest BCUT2D eigenvalue weighted by atomic mass is 19.3. The predicted molar refractivity (Wildman–Crippen MR) is 97.8 cm³/mol. The van der Waals surface area contributed by atoms with Gasteiger partial charge in [0.1, 0.15) is 5.82 Å². The van der Waals surface area contributed by atoms with Gasteiger partial charge in [-0.25, -0.2) is 4.39 Å². The molecule has 0 aromatic heterocycles. The zero-order valence-electron chi connectivity index (χ0n) is 15.4. The second kappa shape index (κ2) is 9.70. The second-order valence-corrected chi connectivity index (χ2v) is 5.73. The summed E-state index contributed by atoms with van der Waals surface area (Å²) in [6.07, 6.45) is 0. The Morgan fingerprint density at radius 2 is 1.67 bits per heavy atom. The smallest absolute Gasteiger partial charge is 0.387 e. The standard InChI is InChI=1S/C19H22F3N3O2/c1-12-4-5-13(8-15(12)20)10-24-19(23-2)25-11-14-6-7-16(26-3)17(9-14)27-18(21)22/h4-9,18H,10-11H2,1-3H3,(H2,23,24,25). The normalized spacial score (nSPS) is 11.4. The summed E-state index contributed by atoms with van der Waals surface area (Å²) in [5, 5.41) is 6.13. The molecule has 0 fully saturated rings. The third kappa shape index (κ3) is 6.09. The van der Waals surface area contributed by atoms with Crippen molar-refractivity contribution in [2.75, 3.05) is 14.2 Å². The highest BCUT2D eigenvalue weighted by Crippen LogP contribution is 2.29. The number of aliphatic imine (C=N–C) groups is 1. The van der Waals surface area contributed by atoms with Crippen molar-refractivity contribution in [1.82, 2.24) is 10.6 Å². The Labute approximate surface area is 156 Å². The molecule has 0 heterocycles. The van der Waals surface area contributed by atoms with Crippen molar-refractivity contribution >= 4 is 5.96 Å². The molecule has 0 aliphatic heterocycles. The Hall–Kier alpha value is -2.90. The van der Waals surface area contributed by atoms with Gasteiger partial charge >= 0.3 is 6.61 Å². The summed E-state index contributed by atoms with van der Waals surface area (Å²) in [6, 6.07) is 9.76. The fourth-order valence-electron chi connectivity index (χ4n) is 2.36. The van der Waals surface area contributed by atoms with E-state index in [2.05, 4.69) is 20.4 Å². The molecule has 2 N–H and O–H groups in total. The van der Waals surface area contributed by atoms with E-state index in [0.29, 0.717) is 30.2 Å². The van der Waals surface area contributed by atoms with Crippen molar-refractivity contribution in [3.8, 4) is 11.5 Å². The first-order valence-electron chi connectivity index (χ1n) is 8.24. The molecule has 0 saturated heterocycles. The molecule has 0 unspecified atom stereocenters. The van der Waals surface area contributed by atoms with Gasteiger partial charge in [-0.15, -0.1) is 0 Å². The number of ether oxygens (including phenoxy) is 2. The van der Waals surface area contributed by atoms with Crippen LogP contribution >= 0.6 is 0 Å². The molecule has 0 aliphatic rings. The maximum absolute atomic E-state index is 13.6. The first kappa shape index (κ1) is 20.4. The molecule has 0 spiro atoms. The Morgan fingerprint density at radius 3 is 2.22 bits per heavy atom. The molecule has 2 rings (SSSR count). The van der Waals surface area contributed by atoms with E-state index in [0.717, 1.165) is 5.56 Å². The molecular formula is C19H22F3N3O2. The number of rotatable bonds is 7. The van der Waals surface area contributed by atoms with Crippen molar-refractivity contribution in [2.45, 2.75) is 26.6 Å². The predicted octanol–water partition coefficient (Wildman–Crippen LogP) is 3.61. The maximum Gasteiger partial charge on any atom is 0.387 e. The Kier molecular flexibility index (Phi) is 7.34. The van der Waals surface area contributed by atoms with Gasteiger partial charge < -0.3 is 20.1 Å². The van der Waals surface area contributed by atoms with E-state index in [1.807, 2.05) is 6.07 Å². The average Bonchev–Trinajstić information content (AvgIpc) is 2.64. The average molecular weight is 381 g/mol. The van der Waals surface area contributed by atoms with E-state index in [9.17, 15) is 13.2 Å². The Bertz CT molecular complexity index is 798. The number of aryl methyl sites for hydroxylation is 1. The quantitative estimate of drug-likeness (QED) is 0.568. The zero-order valence-corrected chi connectivity index (χ0v) is 15.4.